The van der Waals surface area contributed by atoms with Crippen molar-refractivity contribution in [3.05, 3.63) is 29.8 Å². The molecule has 2 amide bonds. The molecule has 1 rings (SSSR count). The zero-order chi connectivity index (χ0) is 64.4. The topological polar surface area (TPSA) is 326 Å². The Morgan fingerprint density at radius 3 is 1.11 bits per heavy atom. The van der Waals surface area contributed by atoms with Crippen molar-refractivity contribution in [1.29, 1.82) is 0 Å². The first-order valence-corrected chi connectivity index (χ1v) is 28.6. The molecule has 0 aliphatic heterocycles. The minimum Gasteiger partial charge on any atom is -0.481 e. The van der Waals surface area contributed by atoms with E-state index in [1.807, 2.05) is 6.92 Å². The summed E-state index contributed by atoms with van der Waals surface area (Å²) in [4.78, 5) is 97.0. The number of halogens is 2. The van der Waals surface area contributed by atoms with Crippen LogP contribution in [0.1, 0.15) is 188 Å². The van der Waals surface area contributed by atoms with Gasteiger partial charge in [-0.25, -0.2) is 19.2 Å². The number of ether oxygens (including phenoxy) is 6. The number of amides is 2. The van der Waals surface area contributed by atoms with Gasteiger partial charge in [0.15, 0.2) is 0 Å². The number of esters is 4. The zero-order valence-electron chi connectivity index (χ0n) is 51.8. The minimum atomic E-state index is -3.98. The second-order valence-electron chi connectivity index (χ2n) is 25.5. The molecule has 6 N–H and O–H groups in total. The van der Waals surface area contributed by atoms with Crippen molar-refractivity contribution < 1.29 is 98.4 Å². The fourth-order valence-corrected chi connectivity index (χ4v) is 7.69. The molecular weight excluding hydrogens is 1100 g/mol. The number of nitrogens with one attached hydrogen (secondary N) is 2. The molecule has 82 heavy (non-hydrogen) atoms. The number of rotatable bonds is 26. The Morgan fingerprint density at radius 2 is 0.805 bits per heavy atom. The third-order valence-electron chi connectivity index (χ3n) is 10.1. The Hall–Kier alpha value is -5.69. The van der Waals surface area contributed by atoms with E-state index in [2.05, 4.69) is 10.6 Å². The molecule has 0 saturated heterocycles. The van der Waals surface area contributed by atoms with Crippen LogP contribution in [0.3, 0.4) is 0 Å². The van der Waals surface area contributed by atoms with Crippen molar-refractivity contribution in [2.24, 2.45) is 23.5 Å². The minimum absolute atomic E-state index is 0.0309. The summed E-state index contributed by atoms with van der Waals surface area (Å²) < 4.78 is 87.0. The van der Waals surface area contributed by atoms with Gasteiger partial charge >= 0.3 is 48.0 Å². The first kappa shape index (κ1) is 78.4. The molecule has 474 valence electrons. The second kappa shape index (κ2) is 34.8. The average molecular weight is 1200 g/mol. The number of alkyl halides is 2. The number of hydrogen-bond donors (Lipinski definition) is 5. The molecule has 0 heterocycles. The van der Waals surface area contributed by atoms with Crippen molar-refractivity contribution in [3.8, 4) is 0 Å². The Morgan fingerprint density at radius 1 is 0.488 bits per heavy atom. The summed E-state index contributed by atoms with van der Waals surface area (Å²) in [6.45, 7) is 31.0. The number of alkyl carbamates (subject to hydrolysis) is 2. The van der Waals surface area contributed by atoms with Crippen molar-refractivity contribution in [2.75, 3.05) is 20.0 Å². The molecule has 0 bridgehead atoms. The molecule has 0 saturated carbocycles. The predicted molar refractivity (Wildman–Crippen MR) is 301 cm³/mol. The molecule has 1 aromatic rings. The van der Waals surface area contributed by atoms with Crippen molar-refractivity contribution in [1.82, 2.24) is 10.6 Å². The first-order valence-electron chi connectivity index (χ1n) is 27.2. The lowest BCUT2D eigenvalue weighted by atomic mass is 9.94. The van der Waals surface area contributed by atoms with Crippen LogP contribution in [0.2, 0.25) is 0 Å². The predicted octanol–water partition coefficient (Wildman–Crippen LogP) is 9.62. The Bertz CT molecular complexity index is 2290. The summed E-state index contributed by atoms with van der Waals surface area (Å²) >= 11 is 0. The van der Waals surface area contributed by atoms with Crippen LogP contribution in [-0.4, -0.2) is 138 Å². The molecule has 1 aromatic carbocycles. The quantitative estimate of drug-likeness (QED) is 0.0249. The normalized spacial score (nSPS) is 14.4. The van der Waals surface area contributed by atoms with E-state index in [9.17, 15) is 55.6 Å². The number of aliphatic carboxylic acids is 2. The molecule has 0 unspecified atom stereocenters. The van der Waals surface area contributed by atoms with Crippen LogP contribution >= 0.6 is 0 Å². The molecule has 6 atom stereocenters. The van der Waals surface area contributed by atoms with E-state index in [1.165, 1.54) is 12.1 Å². The van der Waals surface area contributed by atoms with E-state index in [0.29, 0.717) is 0 Å². The number of nitrogens with two attached hydrogens (primary N) is 1. The highest BCUT2D eigenvalue weighted by atomic mass is 32.2. The zero-order valence-corrected chi connectivity index (χ0v) is 52.7. The summed E-state index contributed by atoms with van der Waals surface area (Å²) in [5.74, 6) is -7.48. The number of carbonyl (C=O) groups excluding carboxylic acids is 6. The van der Waals surface area contributed by atoms with Gasteiger partial charge in [0.1, 0.15) is 51.7 Å². The van der Waals surface area contributed by atoms with E-state index in [1.54, 1.807) is 137 Å². The molecule has 0 aliphatic carbocycles. The SMILES string of the molecule is CC(C)(C)OC(=O)N[C@@H](C[C@H](CCC[18F])C(=O)OC(C)(C)C)C(=O)OC(C)(C)C.Cc1ccc(S(=O)(=O)OCCC[C@@H](C[C@H](NC(=O)OC(C)(C)C)C(=O)OC(C)(C)C)C(=O)OC(C)(C)C)cc1.N[C@@H](C[C@H](CCC[18F])C(=O)O)C(=O)O. The highest BCUT2D eigenvalue weighted by Gasteiger charge is 2.37. The van der Waals surface area contributed by atoms with Gasteiger partial charge in [0, 0.05) is 0 Å². The number of aryl methyl sites for hydroxylation is 1. The maximum Gasteiger partial charge on any atom is 0.408 e. The smallest absolute Gasteiger partial charge is 0.408 e. The third-order valence-corrected chi connectivity index (χ3v) is 11.4. The number of hydrogen-bond acceptors (Lipinski definition) is 18. The monoisotopic (exact) mass is 1200 g/mol. The summed E-state index contributed by atoms with van der Waals surface area (Å²) in [6, 6.07) is 2.71. The standard InChI is InChI=1S/C28H45NO9S.C21H38FNO6.C8H14FNO4/c1-19-13-15-21(16-14-19)39(33,34)35-17-11-12-20(23(30)36-26(2,3)4)18-22(24(31)37-27(5,6)7)29-25(32)38-28(8,9)10;1-19(2,3)27-16(24)14(11-10-12-22)13-15(17(25)28-20(4,5)6)23-18(26)29-21(7,8)9;9-3-1-2-5(7(11)12)4-6(10)8(13)14/h13-16,20,22H,11-12,17-18H2,1-10H3,(H,29,32);14-15H,10-13H2,1-9H3,(H,23,26);5-6H,1-4,10H2,(H,11,12)(H,13,14)/t20-,22-;14-,15-;5-,6-/m000/s1/i;22-1;9-1. The Labute approximate surface area is 484 Å². The number of carboxylic acid groups (broad SMARTS) is 2. The maximum absolute atomic E-state index is 13.1. The highest BCUT2D eigenvalue weighted by molar-refractivity contribution is 7.86. The molecule has 0 fully saturated rings. The van der Waals surface area contributed by atoms with E-state index in [-0.39, 0.29) is 69.3 Å². The second-order valence-corrected chi connectivity index (χ2v) is 27.1. The van der Waals surface area contributed by atoms with Gasteiger partial charge in [0.05, 0.1) is 42.6 Å². The van der Waals surface area contributed by atoms with Crippen LogP contribution in [0, 0.1) is 24.7 Å². The lowest BCUT2D eigenvalue weighted by Crippen LogP contribution is -2.47. The fourth-order valence-electron chi connectivity index (χ4n) is 6.74. The van der Waals surface area contributed by atoms with Gasteiger partial charge in [-0.05, 0) is 201 Å². The van der Waals surface area contributed by atoms with Gasteiger partial charge in [-0.2, -0.15) is 8.42 Å². The summed E-state index contributed by atoms with van der Waals surface area (Å²) in [5, 5.41) is 22.1. The van der Waals surface area contributed by atoms with E-state index < -0.39 is 141 Å². The number of carboxylic acids is 2. The molecule has 0 spiro atoms. The van der Waals surface area contributed by atoms with Gasteiger partial charge in [-0.3, -0.25) is 32.1 Å². The lowest BCUT2D eigenvalue weighted by molar-refractivity contribution is -0.165. The van der Waals surface area contributed by atoms with Gasteiger partial charge in [-0.15, -0.1) is 0 Å². The molecule has 0 radical (unpaired) electrons. The van der Waals surface area contributed by atoms with Crippen LogP contribution in [0.4, 0.5) is 18.4 Å². The first-order chi connectivity index (χ1) is 37.0. The van der Waals surface area contributed by atoms with E-state index in [0.717, 1.165) is 5.56 Å². The molecular formula is C57H97F2N3O19S. The number of carbonyl (C=O) groups is 8. The maximum atomic E-state index is 13.1. The van der Waals surface area contributed by atoms with Crippen LogP contribution in [-0.2, 0) is 71.5 Å². The van der Waals surface area contributed by atoms with Gasteiger partial charge in [0.2, 0.25) is 0 Å². The van der Waals surface area contributed by atoms with Crippen LogP contribution in [0.15, 0.2) is 29.2 Å². The Balaban J connectivity index is 0. The molecule has 0 aromatic heterocycles. The largest absolute Gasteiger partial charge is 0.481 e. The van der Waals surface area contributed by atoms with E-state index in [4.69, 9.17) is 48.6 Å². The van der Waals surface area contributed by atoms with Crippen molar-refractivity contribution in [3.63, 3.8) is 0 Å². The fraction of sp³-hybridized carbons (Fsp3) is 0.754. The summed E-state index contributed by atoms with van der Waals surface area (Å²) in [6.07, 6.45) is -1.18. The van der Waals surface area contributed by atoms with Gasteiger partial charge in [-0.1, -0.05) is 17.7 Å². The van der Waals surface area contributed by atoms with Crippen LogP contribution in [0.5, 0.6) is 0 Å². The molecule has 0 aliphatic rings. The molecule has 25 heteroatoms. The highest BCUT2D eigenvalue weighted by Crippen LogP contribution is 2.25. The van der Waals surface area contributed by atoms with Crippen LogP contribution < -0.4 is 16.4 Å². The summed E-state index contributed by atoms with van der Waals surface area (Å²) in [7, 11) is -3.98. The van der Waals surface area contributed by atoms with Crippen molar-refractivity contribution >= 4 is 58.1 Å². The van der Waals surface area contributed by atoms with Gasteiger partial charge in [0.25, 0.3) is 10.1 Å². The van der Waals surface area contributed by atoms with Crippen LogP contribution in [0.25, 0.3) is 0 Å². The summed E-state index contributed by atoms with van der Waals surface area (Å²) in [5.41, 5.74) is 1.34. The van der Waals surface area contributed by atoms with Crippen molar-refractivity contribution in [2.45, 2.75) is 246 Å². The Kier molecular flexibility index (Phi) is 33.3. The average Bonchev–Trinajstić information content (AvgIpc) is 3.26. The molecule has 22 nitrogen and oxygen atoms in total. The lowest BCUT2D eigenvalue weighted by Gasteiger charge is -2.29. The number of benzene rings is 1. The third kappa shape index (κ3) is 39.7. The van der Waals surface area contributed by atoms with Gasteiger partial charge < -0.3 is 55.0 Å². The van der Waals surface area contributed by atoms with E-state index >= 15 is 0 Å².